The van der Waals surface area contributed by atoms with Crippen LogP contribution < -0.4 is 4.52 Å². The molecule has 0 amide bonds. The molecule has 1 radical (unpaired) electrons. The summed E-state index contributed by atoms with van der Waals surface area (Å²) in [5.74, 6) is 0.559. The Morgan fingerprint density at radius 1 is 0.955 bits per heavy atom. The number of para-hydroxylation sites is 1. The summed E-state index contributed by atoms with van der Waals surface area (Å²) in [5.41, 5.74) is 1.80. The molecule has 22 heavy (non-hydrogen) atoms. The van der Waals surface area contributed by atoms with E-state index < -0.39 is 8.17 Å². The zero-order valence-corrected chi connectivity index (χ0v) is 13.6. The van der Waals surface area contributed by atoms with Crippen LogP contribution >= 0.6 is 8.17 Å². The standard InChI is InChI=1S/C17H20O4P/c1-17(2)12-19-22(18,20-13-17)21-16-11-7-6-10-15(16)14-8-4-3-5-9-14/h3-11,18H,12-13H2,1-2H3. The lowest BCUT2D eigenvalue weighted by molar-refractivity contribution is -0.00106. The molecule has 2 aromatic rings. The normalized spacial score (nSPS) is 19.6. The van der Waals surface area contributed by atoms with Gasteiger partial charge in [0.25, 0.3) is 0 Å². The molecule has 1 fully saturated rings. The second-order valence-corrected chi connectivity index (χ2v) is 7.77. The van der Waals surface area contributed by atoms with Crippen molar-refractivity contribution in [3.8, 4) is 16.9 Å². The van der Waals surface area contributed by atoms with Crippen molar-refractivity contribution in [1.82, 2.24) is 0 Å². The van der Waals surface area contributed by atoms with Gasteiger partial charge < -0.3 is 9.42 Å². The molecule has 1 N–H and O–H groups in total. The van der Waals surface area contributed by atoms with E-state index in [2.05, 4.69) is 0 Å². The first-order valence-corrected chi connectivity index (χ1v) is 8.72. The first-order chi connectivity index (χ1) is 10.5. The Morgan fingerprint density at radius 3 is 2.23 bits per heavy atom. The van der Waals surface area contributed by atoms with Crippen LogP contribution in [0.1, 0.15) is 13.8 Å². The number of hydrogen-bond donors (Lipinski definition) is 1. The van der Waals surface area contributed by atoms with Crippen LogP contribution in [-0.4, -0.2) is 18.1 Å². The van der Waals surface area contributed by atoms with Crippen molar-refractivity contribution in [1.29, 1.82) is 0 Å². The van der Waals surface area contributed by atoms with Gasteiger partial charge in [-0.05, 0) is 11.6 Å². The lowest BCUT2D eigenvalue weighted by atomic mass is 9.97. The minimum absolute atomic E-state index is 0.117. The topological polar surface area (TPSA) is 47.9 Å². The average molecular weight is 319 g/mol. The zero-order valence-electron chi connectivity index (χ0n) is 12.7. The molecule has 0 bridgehead atoms. The van der Waals surface area contributed by atoms with Crippen molar-refractivity contribution >= 4 is 8.17 Å². The molecule has 0 atom stereocenters. The van der Waals surface area contributed by atoms with Crippen LogP contribution in [0.2, 0.25) is 0 Å². The molecule has 0 aromatic heterocycles. The Labute approximate surface area is 131 Å². The molecule has 0 aliphatic carbocycles. The number of benzene rings is 2. The largest absolute Gasteiger partial charge is 0.433 e. The molecular weight excluding hydrogens is 299 g/mol. The second kappa shape index (κ2) is 5.98. The zero-order chi connectivity index (χ0) is 15.6. The fourth-order valence-electron chi connectivity index (χ4n) is 2.17. The highest BCUT2D eigenvalue weighted by Crippen LogP contribution is 2.62. The van der Waals surface area contributed by atoms with Crippen LogP contribution in [0.4, 0.5) is 0 Å². The van der Waals surface area contributed by atoms with E-state index in [-0.39, 0.29) is 5.41 Å². The molecule has 1 heterocycles. The third-order valence-electron chi connectivity index (χ3n) is 3.42. The van der Waals surface area contributed by atoms with E-state index in [1.807, 2.05) is 68.4 Å². The Morgan fingerprint density at radius 2 is 1.55 bits per heavy atom. The summed E-state index contributed by atoms with van der Waals surface area (Å²) in [5, 5.41) is 0. The van der Waals surface area contributed by atoms with Gasteiger partial charge in [0, 0.05) is 11.0 Å². The molecule has 4 nitrogen and oxygen atoms in total. The Bertz CT molecular complexity index is 632. The highest BCUT2D eigenvalue weighted by atomic mass is 31.2. The Hall–Kier alpha value is -1.45. The van der Waals surface area contributed by atoms with E-state index in [0.717, 1.165) is 11.1 Å². The van der Waals surface area contributed by atoms with E-state index in [9.17, 15) is 4.89 Å². The molecule has 1 aliphatic heterocycles. The summed E-state index contributed by atoms with van der Waals surface area (Å²) < 4.78 is 16.7. The smallest absolute Gasteiger partial charge is 0.414 e. The highest BCUT2D eigenvalue weighted by Gasteiger charge is 2.41. The second-order valence-electron chi connectivity index (χ2n) is 6.13. The van der Waals surface area contributed by atoms with Crippen molar-refractivity contribution in [2.24, 2.45) is 5.41 Å². The first-order valence-electron chi connectivity index (χ1n) is 7.22. The van der Waals surface area contributed by atoms with Crippen molar-refractivity contribution in [3.63, 3.8) is 0 Å². The molecule has 2 aromatic carbocycles. The molecule has 1 saturated heterocycles. The molecule has 3 rings (SSSR count). The van der Waals surface area contributed by atoms with Gasteiger partial charge in [0.15, 0.2) is 0 Å². The van der Waals surface area contributed by atoms with E-state index in [4.69, 9.17) is 13.6 Å². The fourth-order valence-corrected chi connectivity index (χ4v) is 3.78. The van der Waals surface area contributed by atoms with Gasteiger partial charge in [0.2, 0.25) is 0 Å². The van der Waals surface area contributed by atoms with Crippen LogP contribution in [0.25, 0.3) is 11.1 Å². The number of rotatable bonds is 3. The summed E-state index contributed by atoms with van der Waals surface area (Å²) in [4.78, 5) is 10.5. The SMILES string of the molecule is CC1(C)CO[P](O)(Oc2ccccc2-c2ccccc2)OC1. The minimum Gasteiger partial charge on any atom is -0.414 e. The fraction of sp³-hybridized carbons (Fsp3) is 0.294. The highest BCUT2D eigenvalue weighted by molar-refractivity contribution is 7.55. The van der Waals surface area contributed by atoms with Gasteiger partial charge in [0.1, 0.15) is 5.75 Å². The van der Waals surface area contributed by atoms with Crippen LogP contribution in [0.3, 0.4) is 0 Å². The van der Waals surface area contributed by atoms with E-state index >= 15 is 0 Å². The predicted octanol–water partition coefficient (Wildman–Crippen LogP) is 4.48. The first kappa shape index (κ1) is 15.4. The van der Waals surface area contributed by atoms with Gasteiger partial charge in [-0.15, -0.1) is 0 Å². The van der Waals surface area contributed by atoms with Crippen LogP contribution in [0.15, 0.2) is 54.6 Å². The van der Waals surface area contributed by atoms with Crippen LogP contribution in [0, 0.1) is 5.41 Å². The maximum Gasteiger partial charge on any atom is 0.433 e. The lowest BCUT2D eigenvalue weighted by Crippen LogP contribution is -2.32. The van der Waals surface area contributed by atoms with Crippen molar-refractivity contribution in [2.45, 2.75) is 13.8 Å². The van der Waals surface area contributed by atoms with Gasteiger partial charge >= 0.3 is 8.17 Å². The molecule has 5 heteroatoms. The Balaban J connectivity index is 1.85. The average Bonchev–Trinajstić information content (AvgIpc) is 2.52. The molecule has 117 valence electrons. The van der Waals surface area contributed by atoms with Gasteiger partial charge in [-0.3, -0.25) is 9.05 Å². The van der Waals surface area contributed by atoms with Crippen molar-refractivity contribution in [2.75, 3.05) is 13.2 Å². The van der Waals surface area contributed by atoms with Crippen molar-refractivity contribution < 1.29 is 18.5 Å². The van der Waals surface area contributed by atoms with Crippen molar-refractivity contribution in [3.05, 3.63) is 54.6 Å². The lowest BCUT2D eigenvalue weighted by Gasteiger charge is -2.39. The van der Waals surface area contributed by atoms with E-state index in [0.29, 0.717) is 19.0 Å². The van der Waals surface area contributed by atoms with Crippen LogP contribution in [-0.2, 0) is 9.05 Å². The number of hydrogen-bond acceptors (Lipinski definition) is 4. The molecule has 1 aliphatic rings. The molecular formula is C17H20O4P. The maximum atomic E-state index is 10.5. The van der Waals surface area contributed by atoms with E-state index in [1.54, 1.807) is 0 Å². The Kier molecular flexibility index (Phi) is 4.20. The van der Waals surface area contributed by atoms with Gasteiger partial charge in [-0.2, -0.15) is 0 Å². The maximum absolute atomic E-state index is 10.5. The third-order valence-corrected chi connectivity index (χ3v) is 4.76. The monoisotopic (exact) mass is 319 g/mol. The van der Waals surface area contributed by atoms with Gasteiger partial charge in [-0.25, -0.2) is 0 Å². The summed E-state index contributed by atoms with van der Waals surface area (Å²) in [7, 11) is -3.31. The predicted molar refractivity (Wildman–Crippen MR) is 87.3 cm³/mol. The van der Waals surface area contributed by atoms with Crippen LogP contribution in [0.5, 0.6) is 5.75 Å². The minimum atomic E-state index is -3.31. The van der Waals surface area contributed by atoms with Gasteiger partial charge in [0.05, 0.1) is 13.2 Å². The summed E-state index contributed by atoms with van der Waals surface area (Å²) in [6.07, 6.45) is 0. The quantitative estimate of drug-likeness (QED) is 0.848. The summed E-state index contributed by atoms with van der Waals surface area (Å²) >= 11 is 0. The molecule has 0 saturated carbocycles. The molecule has 0 spiro atoms. The third kappa shape index (κ3) is 3.47. The summed E-state index contributed by atoms with van der Waals surface area (Å²) in [6, 6.07) is 17.4. The molecule has 0 unspecified atom stereocenters. The van der Waals surface area contributed by atoms with E-state index in [1.165, 1.54) is 0 Å². The summed E-state index contributed by atoms with van der Waals surface area (Å²) in [6.45, 7) is 4.86. The van der Waals surface area contributed by atoms with Gasteiger partial charge in [-0.1, -0.05) is 62.4 Å².